The zero-order valence-electron chi connectivity index (χ0n) is 12.2. The van der Waals surface area contributed by atoms with Gasteiger partial charge in [0.1, 0.15) is 11.4 Å². The number of furan rings is 1. The van der Waals surface area contributed by atoms with Crippen LogP contribution in [-0.4, -0.2) is 11.7 Å². The molecule has 2 heterocycles. The van der Waals surface area contributed by atoms with E-state index in [0.29, 0.717) is 10.5 Å². The van der Waals surface area contributed by atoms with Gasteiger partial charge in [-0.25, -0.2) is 4.39 Å². The molecule has 1 N–H and O–H groups in total. The topological polar surface area (TPSA) is 42.2 Å². The number of carbonyl (C=O) groups is 1. The number of fused-ring (bicyclic) bond motifs is 2. The van der Waals surface area contributed by atoms with Crippen LogP contribution in [0.5, 0.6) is 0 Å². The lowest BCUT2D eigenvalue weighted by Crippen LogP contribution is -2.30. The Bertz CT molecular complexity index is 857. The minimum Gasteiger partial charge on any atom is -0.451 e. The van der Waals surface area contributed by atoms with Gasteiger partial charge in [-0.05, 0) is 30.2 Å². The molecule has 1 atom stereocenters. The summed E-state index contributed by atoms with van der Waals surface area (Å²) in [6, 6.07) is 14.0. The van der Waals surface area contributed by atoms with E-state index < -0.39 is 0 Å². The molecule has 0 spiro atoms. The molecule has 3 aromatic rings. The van der Waals surface area contributed by atoms with Gasteiger partial charge >= 0.3 is 0 Å². The molecule has 0 saturated carbocycles. The van der Waals surface area contributed by atoms with Gasteiger partial charge in [0.2, 0.25) is 0 Å². The van der Waals surface area contributed by atoms with Gasteiger partial charge in [0.05, 0.1) is 6.04 Å². The Morgan fingerprint density at radius 1 is 1.22 bits per heavy atom. The molecule has 116 valence electrons. The minimum atomic E-state index is -0.270. The second-order valence-electron chi connectivity index (χ2n) is 5.47. The van der Waals surface area contributed by atoms with E-state index >= 15 is 0 Å². The molecule has 1 aromatic heterocycles. The van der Waals surface area contributed by atoms with E-state index in [1.54, 1.807) is 12.1 Å². The van der Waals surface area contributed by atoms with Gasteiger partial charge in [0.25, 0.3) is 5.91 Å². The highest BCUT2D eigenvalue weighted by Gasteiger charge is 2.25. The van der Waals surface area contributed by atoms with Crippen molar-refractivity contribution in [1.29, 1.82) is 0 Å². The van der Waals surface area contributed by atoms with Crippen LogP contribution in [-0.2, 0) is 0 Å². The number of para-hydroxylation sites is 1. The van der Waals surface area contributed by atoms with Crippen LogP contribution < -0.4 is 5.32 Å². The van der Waals surface area contributed by atoms with Crippen LogP contribution in [0.2, 0.25) is 0 Å². The molecule has 4 rings (SSSR count). The monoisotopic (exact) mass is 327 g/mol. The zero-order chi connectivity index (χ0) is 15.8. The van der Waals surface area contributed by atoms with Crippen LogP contribution in [0.15, 0.2) is 57.8 Å². The lowest BCUT2D eigenvalue weighted by Gasteiger charge is -2.25. The number of thioether (sulfide) groups is 1. The summed E-state index contributed by atoms with van der Waals surface area (Å²) >= 11 is 1.50. The third-order valence-electron chi connectivity index (χ3n) is 3.98. The number of halogens is 1. The summed E-state index contributed by atoms with van der Waals surface area (Å²) in [4.78, 5) is 13.1. The van der Waals surface area contributed by atoms with Gasteiger partial charge in [-0.3, -0.25) is 4.79 Å². The number of rotatable bonds is 2. The van der Waals surface area contributed by atoms with Crippen molar-refractivity contribution < 1.29 is 13.6 Å². The maximum absolute atomic E-state index is 13.9. The standard InChI is InChI=1S/C18H14FNO2S/c19-13-6-3-5-12-14(8-9-23-17(12)13)20-18(21)16-10-11-4-1-2-7-15(11)22-16/h1-7,10,14H,8-9H2,(H,20,21)/t14-/m1/s1. The first-order valence-electron chi connectivity index (χ1n) is 7.43. The van der Waals surface area contributed by atoms with E-state index in [4.69, 9.17) is 4.42 Å². The quantitative estimate of drug-likeness (QED) is 0.751. The molecule has 0 saturated heterocycles. The number of benzene rings is 2. The first-order chi connectivity index (χ1) is 11.2. The highest BCUT2D eigenvalue weighted by Crippen LogP contribution is 2.37. The van der Waals surface area contributed by atoms with E-state index in [9.17, 15) is 9.18 Å². The first kappa shape index (κ1) is 14.3. The SMILES string of the molecule is O=C(N[C@@H]1CCSc2c(F)cccc21)c1cc2ccccc2o1. The van der Waals surface area contributed by atoms with Crippen molar-refractivity contribution in [1.82, 2.24) is 5.32 Å². The fourth-order valence-electron chi connectivity index (χ4n) is 2.86. The van der Waals surface area contributed by atoms with Crippen molar-refractivity contribution in [3.8, 4) is 0 Å². The molecule has 23 heavy (non-hydrogen) atoms. The van der Waals surface area contributed by atoms with Crippen LogP contribution in [0.3, 0.4) is 0 Å². The van der Waals surface area contributed by atoms with Crippen molar-refractivity contribution >= 4 is 28.6 Å². The Kier molecular flexibility index (Phi) is 3.58. The Morgan fingerprint density at radius 3 is 2.96 bits per heavy atom. The smallest absolute Gasteiger partial charge is 0.287 e. The molecule has 0 unspecified atom stereocenters. The predicted molar refractivity (Wildman–Crippen MR) is 88.2 cm³/mol. The van der Waals surface area contributed by atoms with Crippen molar-refractivity contribution in [3.05, 3.63) is 65.7 Å². The van der Waals surface area contributed by atoms with Gasteiger partial charge in [0.15, 0.2) is 5.76 Å². The second kappa shape index (κ2) is 5.74. The molecular weight excluding hydrogens is 313 g/mol. The van der Waals surface area contributed by atoms with E-state index in [2.05, 4.69) is 5.32 Å². The fraction of sp³-hybridized carbons (Fsp3) is 0.167. The van der Waals surface area contributed by atoms with Crippen molar-refractivity contribution in [2.24, 2.45) is 0 Å². The molecule has 0 radical (unpaired) electrons. The number of amides is 1. The highest BCUT2D eigenvalue weighted by atomic mass is 32.2. The number of hydrogen-bond donors (Lipinski definition) is 1. The van der Waals surface area contributed by atoms with Crippen molar-refractivity contribution in [2.75, 3.05) is 5.75 Å². The summed E-state index contributed by atoms with van der Waals surface area (Å²) in [5, 5.41) is 3.86. The largest absolute Gasteiger partial charge is 0.451 e. The Balaban J connectivity index is 1.61. The fourth-order valence-corrected chi connectivity index (χ4v) is 4.00. The summed E-state index contributed by atoms with van der Waals surface area (Å²) in [5.41, 5.74) is 1.52. The third-order valence-corrected chi connectivity index (χ3v) is 5.14. The van der Waals surface area contributed by atoms with Gasteiger partial charge < -0.3 is 9.73 Å². The average molecular weight is 327 g/mol. The Hall–Kier alpha value is -2.27. The average Bonchev–Trinajstić information content (AvgIpc) is 3.00. The molecule has 2 aromatic carbocycles. The normalized spacial score (nSPS) is 17.0. The second-order valence-corrected chi connectivity index (χ2v) is 6.58. The third kappa shape index (κ3) is 2.61. The van der Waals surface area contributed by atoms with Crippen LogP contribution in [0.25, 0.3) is 11.0 Å². The molecule has 1 aliphatic rings. The summed E-state index contributed by atoms with van der Waals surface area (Å²) in [5.74, 6) is 0.560. The molecule has 5 heteroatoms. The molecule has 1 aliphatic heterocycles. The Labute approximate surface area is 136 Å². The molecule has 0 aliphatic carbocycles. The van der Waals surface area contributed by atoms with Crippen molar-refractivity contribution in [3.63, 3.8) is 0 Å². The molecule has 0 bridgehead atoms. The van der Waals surface area contributed by atoms with Crippen LogP contribution in [0, 0.1) is 5.82 Å². The number of carbonyl (C=O) groups excluding carboxylic acids is 1. The first-order valence-corrected chi connectivity index (χ1v) is 8.41. The van der Waals surface area contributed by atoms with E-state index in [1.165, 1.54) is 17.8 Å². The molecular formula is C18H14FNO2S. The minimum absolute atomic E-state index is 0.192. The van der Waals surface area contributed by atoms with Crippen LogP contribution >= 0.6 is 11.8 Å². The maximum Gasteiger partial charge on any atom is 0.287 e. The maximum atomic E-state index is 13.9. The van der Waals surface area contributed by atoms with Crippen LogP contribution in [0.1, 0.15) is 28.6 Å². The molecule has 1 amide bonds. The molecule has 3 nitrogen and oxygen atoms in total. The summed E-state index contributed by atoms with van der Waals surface area (Å²) < 4.78 is 19.5. The van der Waals surface area contributed by atoms with E-state index in [0.717, 1.165) is 23.1 Å². The molecule has 0 fully saturated rings. The summed E-state index contributed by atoms with van der Waals surface area (Å²) in [6.45, 7) is 0. The predicted octanol–water partition coefficient (Wildman–Crippen LogP) is 4.54. The van der Waals surface area contributed by atoms with E-state index in [1.807, 2.05) is 30.3 Å². The van der Waals surface area contributed by atoms with Crippen LogP contribution in [0.4, 0.5) is 4.39 Å². The van der Waals surface area contributed by atoms with Crippen molar-refractivity contribution in [2.45, 2.75) is 17.4 Å². The summed E-state index contributed by atoms with van der Waals surface area (Å²) in [6.07, 6.45) is 0.771. The van der Waals surface area contributed by atoms with Gasteiger partial charge in [-0.15, -0.1) is 11.8 Å². The van der Waals surface area contributed by atoms with Gasteiger partial charge in [-0.1, -0.05) is 30.3 Å². The number of nitrogens with one attached hydrogen (secondary N) is 1. The highest BCUT2D eigenvalue weighted by molar-refractivity contribution is 7.99. The Morgan fingerprint density at radius 2 is 2.09 bits per heavy atom. The lowest BCUT2D eigenvalue weighted by molar-refractivity contribution is 0.0909. The van der Waals surface area contributed by atoms with Gasteiger partial charge in [0, 0.05) is 16.0 Å². The number of hydrogen-bond acceptors (Lipinski definition) is 3. The zero-order valence-corrected chi connectivity index (χ0v) is 13.0. The van der Waals surface area contributed by atoms with Gasteiger partial charge in [-0.2, -0.15) is 0 Å². The summed E-state index contributed by atoms with van der Waals surface area (Å²) in [7, 11) is 0. The van der Waals surface area contributed by atoms with E-state index in [-0.39, 0.29) is 23.5 Å². The lowest BCUT2D eigenvalue weighted by atomic mass is 10.0.